The molecule has 0 unspecified atom stereocenters. The standard InChI is InChI=1S/C24H17ClN4O2/c25-18-9-6-15(7-10-18)19-13-20(17-8-11-21-22(12-17)31-14-30-21)29-24(26-19)27-23(28-29)16-4-2-1-3-5-16/h1-13,20H,14H2,(H,26,27,28)/t20-/m0/s1. The second-order valence-corrected chi connectivity index (χ2v) is 7.78. The highest BCUT2D eigenvalue weighted by molar-refractivity contribution is 6.30. The van der Waals surface area contributed by atoms with Gasteiger partial charge in [-0.25, -0.2) is 4.68 Å². The highest BCUT2D eigenvalue weighted by atomic mass is 35.5. The van der Waals surface area contributed by atoms with Gasteiger partial charge in [-0.3, -0.25) is 0 Å². The van der Waals surface area contributed by atoms with Crippen LogP contribution in [0, 0.1) is 0 Å². The topological polar surface area (TPSA) is 61.2 Å². The molecule has 0 saturated carbocycles. The number of ether oxygens (including phenoxy) is 2. The molecule has 2 aliphatic rings. The normalized spacial score (nSPS) is 16.4. The summed E-state index contributed by atoms with van der Waals surface area (Å²) in [4.78, 5) is 4.78. The van der Waals surface area contributed by atoms with Gasteiger partial charge in [0, 0.05) is 16.3 Å². The SMILES string of the molecule is Clc1ccc(C2=C[C@@H](c3ccc4c(c3)OCO4)n3nc(-c4ccccc4)nc3N2)cc1. The molecule has 1 atom stereocenters. The number of halogens is 1. The number of nitrogens with zero attached hydrogens (tertiary/aromatic N) is 3. The van der Waals surface area contributed by atoms with Crippen LogP contribution < -0.4 is 14.8 Å². The quantitative estimate of drug-likeness (QED) is 0.474. The lowest BCUT2D eigenvalue weighted by molar-refractivity contribution is 0.174. The van der Waals surface area contributed by atoms with Crippen LogP contribution in [-0.2, 0) is 0 Å². The molecule has 0 fully saturated rings. The number of hydrogen-bond donors (Lipinski definition) is 1. The molecule has 6 rings (SSSR count). The molecule has 0 radical (unpaired) electrons. The van der Waals surface area contributed by atoms with E-state index in [-0.39, 0.29) is 12.8 Å². The molecule has 7 heteroatoms. The maximum absolute atomic E-state index is 6.09. The molecule has 1 N–H and O–H groups in total. The third-order valence-electron chi connectivity index (χ3n) is 5.39. The van der Waals surface area contributed by atoms with E-state index in [1.807, 2.05) is 77.5 Å². The molecule has 3 heterocycles. The van der Waals surface area contributed by atoms with Crippen molar-refractivity contribution in [2.75, 3.05) is 12.1 Å². The molecule has 3 aromatic carbocycles. The summed E-state index contributed by atoms with van der Waals surface area (Å²) in [6.07, 6.45) is 2.14. The molecule has 1 aromatic heterocycles. The van der Waals surface area contributed by atoms with E-state index >= 15 is 0 Å². The number of allylic oxidation sites excluding steroid dienone is 1. The van der Waals surface area contributed by atoms with Crippen LogP contribution in [-0.4, -0.2) is 21.6 Å². The van der Waals surface area contributed by atoms with Crippen molar-refractivity contribution >= 4 is 23.2 Å². The predicted octanol–water partition coefficient (Wildman–Crippen LogP) is 5.38. The molecule has 31 heavy (non-hydrogen) atoms. The van der Waals surface area contributed by atoms with Gasteiger partial charge in [-0.05, 0) is 41.5 Å². The fourth-order valence-electron chi connectivity index (χ4n) is 3.83. The Morgan fingerprint density at radius 2 is 1.71 bits per heavy atom. The molecule has 0 aliphatic carbocycles. The maximum atomic E-state index is 6.09. The molecular weight excluding hydrogens is 412 g/mol. The number of fused-ring (bicyclic) bond motifs is 2. The Bertz CT molecular complexity index is 1300. The lowest BCUT2D eigenvalue weighted by atomic mass is 10.0. The Balaban J connectivity index is 1.48. The second-order valence-electron chi connectivity index (χ2n) is 7.34. The molecular formula is C24H17ClN4O2. The van der Waals surface area contributed by atoms with Crippen LogP contribution in [0.3, 0.4) is 0 Å². The van der Waals surface area contributed by atoms with Crippen molar-refractivity contribution in [3.05, 3.63) is 95.0 Å². The van der Waals surface area contributed by atoms with E-state index in [0.717, 1.165) is 33.9 Å². The van der Waals surface area contributed by atoms with Gasteiger partial charge in [-0.2, -0.15) is 4.98 Å². The van der Waals surface area contributed by atoms with E-state index in [2.05, 4.69) is 11.4 Å². The average Bonchev–Trinajstić information content (AvgIpc) is 3.46. The summed E-state index contributed by atoms with van der Waals surface area (Å²) in [7, 11) is 0. The van der Waals surface area contributed by atoms with E-state index in [1.165, 1.54) is 0 Å². The third kappa shape index (κ3) is 3.21. The van der Waals surface area contributed by atoms with Crippen LogP contribution in [0.4, 0.5) is 5.95 Å². The molecule has 0 saturated heterocycles. The first-order chi connectivity index (χ1) is 15.2. The van der Waals surface area contributed by atoms with E-state index in [4.69, 9.17) is 31.2 Å². The zero-order chi connectivity index (χ0) is 20.8. The minimum atomic E-state index is -0.165. The van der Waals surface area contributed by atoms with Gasteiger partial charge in [-0.1, -0.05) is 60.1 Å². The fourth-order valence-corrected chi connectivity index (χ4v) is 3.96. The number of anilines is 1. The van der Waals surface area contributed by atoms with Crippen molar-refractivity contribution in [2.45, 2.75) is 6.04 Å². The van der Waals surface area contributed by atoms with Crippen molar-refractivity contribution in [3.63, 3.8) is 0 Å². The van der Waals surface area contributed by atoms with E-state index in [9.17, 15) is 0 Å². The van der Waals surface area contributed by atoms with Crippen LogP contribution in [0.1, 0.15) is 17.2 Å². The highest BCUT2D eigenvalue weighted by Gasteiger charge is 2.27. The minimum Gasteiger partial charge on any atom is -0.454 e. The number of nitrogens with one attached hydrogen (secondary N) is 1. The van der Waals surface area contributed by atoms with Crippen molar-refractivity contribution in [1.29, 1.82) is 0 Å². The van der Waals surface area contributed by atoms with Crippen molar-refractivity contribution < 1.29 is 9.47 Å². The molecule has 0 spiro atoms. The molecule has 0 bridgehead atoms. The summed E-state index contributed by atoms with van der Waals surface area (Å²) >= 11 is 6.09. The smallest absolute Gasteiger partial charge is 0.231 e. The van der Waals surface area contributed by atoms with E-state index in [1.54, 1.807) is 0 Å². The van der Waals surface area contributed by atoms with Crippen molar-refractivity contribution in [1.82, 2.24) is 14.8 Å². The zero-order valence-corrected chi connectivity index (χ0v) is 17.1. The van der Waals surface area contributed by atoms with E-state index < -0.39 is 0 Å². The van der Waals surface area contributed by atoms with Crippen LogP contribution in [0.2, 0.25) is 5.02 Å². The Morgan fingerprint density at radius 1 is 0.903 bits per heavy atom. The molecule has 6 nitrogen and oxygen atoms in total. The summed E-state index contributed by atoms with van der Waals surface area (Å²) in [5.41, 5.74) is 3.95. The molecule has 4 aromatic rings. The first-order valence-corrected chi connectivity index (χ1v) is 10.3. The third-order valence-corrected chi connectivity index (χ3v) is 5.64. The summed E-state index contributed by atoms with van der Waals surface area (Å²) < 4.78 is 13.0. The average molecular weight is 429 g/mol. The van der Waals surface area contributed by atoms with Gasteiger partial charge in [0.1, 0.15) is 6.04 Å². The van der Waals surface area contributed by atoms with Gasteiger partial charge in [0.05, 0.1) is 0 Å². The summed E-state index contributed by atoms with van der Waals surface area (Å²) in [5.74, 6) is 2.83. The van der Waals surface area contributed by atoms with Crippen molar-refractivity contribution in [3.8, 4) is 22.9 Å². The van der Waals surface area contributed by atoms with E-state index in [0.29, 0.717) is 16.8 Å². The van der Waals surface area contributed by atoms with Gasteiger partial charge in [0.25, 0.3) is 0 Å². The Morgan fingerprint density at radius 3 is 2.55 bits per heavy atom. The molecule has 152 valence electrons. The van der Waals surface area contributed by atoms with Gasteiger partial charge < -0.3 is 14.8 Å². The van der Waals surface area contributed by atoms with Gasteiger partial charge in [-0.15, -0.1) is 5.10 Å². The number of rotatable bonds is 3. The summed E-state index contributed by atoms with van der Waals surface area (Å²) in [6.45, 7) is 0.240. The number of benzene rings is 3. The van der Waals surface area contributed by atoms with Crippen molar-refractivity contribution in [2.24, 2.45) is 0 Å². The second kappa shape index (κ2) is 7.18. The first-order valence-electron chi connectivity index (χ1n) is 9.91. The largest absolute Gasteiger partial charge is 0.454 e. The Labute approximate surface area is 183 Å². The fraction of sp³-hybridized carbons (Fsp3) is 0.0833. The first kappa shape index (κ1) is 18.0. The lowest BCUT2D eigenvalue weighted by Gasteiger charge is -2.24. The maximum Gasteiger partial charge on any atom is 0.231 e. The summed E-state index contributed by atoms with van der Waals surface area (Å²) in [6, 6.07) is 23.5. The van der Waals surface area contributed by atoms with Crippen LogP contribution in [0.15, 0.2) is 78.9 Å². The van der Waals surface area contributed by atoms with Crippen LogP contribution in [0.5, 0.6) is 11.5 Å². The Hall–Kier alpha value is -3.77. The zero-order valence-electron chi connectivity index (χ0n) is 16.3. The van der Waals surface area contributed by atoms with Gasteiger partial charge in [0.2, 0.25) is 12.7 Å². The highest BCUT2D eigenvalue weighted by Crippen LogP contribution is 2.39. The monoisotopic (exact) mass is 428 g/mol. The van der Waals surface area contributed by atoms with Gasteiger partial charge in [0.15, 0.2) is 17.3 Å². The molecule has 2 aliphatic heterocycles. The lowest BCUT2D eigenvalue weighted by Crippen LogP contribution is -2.20. The summed E-state index contributed by atoms with van der Waals surface area (Å²) in [5, 5.41) is 8.94. The van der Waals surface area contributed by atoms with Crippen LogP contribution >= 0.6 is 11.6 Å². The Kier molecular flexibility index (Phi) is 4.18. The number of aromatic nitrogens is 3. The molecule has 0 amide bonds. The van der Waals surface area contributed by atoms with Crippen LogP contribution in [0.25, 0.3) is 17.1 Å². The minimum absolute atomic E-state index is 0.165. The predicted molar refractivity (Wildman–Crippen MR) is 119 cm³/mol. The van der Waals surface area contributed by atoms with Gasteiger partial charge >= 0.3 is 0 Å². The number of hydrogen-bond acceptors (Lipinski definition) is 5.